The van der Waals surface area contributed by atoms with Gasteiger partial charge in [-0.05, 0) is 46.6 Å². The Morgan fingerprint density at radius 1 is 1.43 bits per heavy atom. The first-order valence-corrected chi connectivity index (χ1v) is 5.73. The van der Waals surface area contributed by atoms with E-state index in [0.29, 0.717) is 18.2 Å². The smallest absolute Gasteiger partial charge is 0.149 e. The monoisotopic (exact) mass is 197 g/mol. The molecule has 0 N–H and O–H groups in total. The summed E-state index contributed by atoms with van der Waals surface area (Å²) in [5.74, 6) is 0.766. The van der Waals surface area contributed by atoms with E-state index in [4.69, 9.17) is 0 Å². The molecule has 2 heteroatoms. The highest BCUT2D eigenvalue weighted by molar-refractivity contribution is 5.83. The predicted octanol–water partition coefficient (Wildman–Crippen LogP) is 2.48. The molecule has 0 bridgehead atoms. The maximum atomic E-state index is 11.9. The first-order chi connectivity index (χ1) is 6.45. The van der Waals surface area contributed by atoms with E-state index in [0.717, 1.165) is 19.4 Å². The highest BCUT2D eigenvalue weighted by Gasteiger charge is 2.29. The minimum Gasteiger partial charge on any atom is -0.298 e. The quantitative estimate of drug-likeness (QED) is 0.643. The Bertz CT molecular complexity index is 205. The fourth-order valence-corrected chi connectivity index (χ4v) is 2.09. The fraction of sp³-hybridized carbons (Fsp3) is 0.917. The van der Waals surface area contributed by atoms with Crippen molar-refractivity contribution in [3.63, 3.8) is 0 Å². The lowest BCUT2D eigenvalue weighted by Gasteiger charge is -2.34. The van der Waals surface area contributed by atoms with Crippen LogP contribution < -0.4 is 0 Å². The summed E-state index contributed by atoms with van der Waals surface area (Å²) in [6, 6.07) is 0. The third-order valence-corrected chi connectivity index (χ3v) is 3.22. The number of likely N-dealkylation sites (tertiary alicyclic amines) is 1. The average Bonchev–Trinajstić information content (AvgIpc) is 2.25. The molecular weight excluding hydrogens is 174 g/mol. The van der Waals surface area contributed by atoms with E-state index < -0.39 is 0 Å². The molecule has 0 saturated carbocycles. The number of hydrogen-bond donors (Lipinski definition) is 0. The van der Waals surface area contributed by atoms with Gasteiger partial charge in [-0.3, -0.25) is 9.69 Å². The molecule has 1 saturated heterocycles. The Morgan fingerprint density at radius 2 is 2.07 bits per heavy atom. The summed E-state index contributed by atoms with van der Waals surface area (Å²) in [4.78, 5) is 14.2. The third kappa shape index (κ3) is 2.81. The second-order valence-electron chi connectivity index (χ2n) is 5.31. The number of nitrogens with zero attached hydrogens (tertiary/aromatic N) is 1. The second kappa shape index (κ2) is 4.43. The molecule has 1 aliphatic heterocycles. The minimum atomic E-state index is 0.137. The summed E-state index contributed by atoms with van der Waals surface area (Å²) < 4.78 is 0. The van der Waals surface area contributed by atoms with E-state index in [1.165, 1.54) is 6.42 Å². The lowest BCUT2D eigenvalue weighted by atomic mass is 9.97. The third-order valence-electron chi connectivity index (χ3n) is 3.22. The SMILES string of the molecule is CCC1CCCN(C(C)(C)C)CC1=O. The van der Waals surface area contributed by atoms with Crippen molar-refractivity contribution >= 4 is 5.78 Å². The maximum Gasteiger partial charge on any atom is 0.149 e. The first kappa shape index (κ1) is 11.7. The van der Waals surface area contributed by atoms with Crippen molar-refractivity contribution in [2.24, 2.45) is 5.92 Å². The van der Waals surface area contributed by atoms with Gasteiger partial charge in [0.2, 0.25) is 0 Å². The van der Waals surface area contributed by atoms with Crippen LogP contribution in [0.3, 0.4) is 0 Å². The molecule has 0 aromatic rings. The average molecular weight is 197 g/mol. The number of carbonyl (C=O) groups excluding carboxylic acids is 1. The van der Waals surface area contributed by atoms with Gasteiger partial charge in [0.05, 0.1) is 6.54 Å². The Balaban J connectivity index is 2.65. The van der Waals surface area contributed by atoms with Crippen molar-refractivity contribution in [2.45, 2.75) is 52.5 Å². The molecule has 0 aromatic carbocycles. The molecule has 1 unspecified atom stereocenters. The normalized spacial score (nSPS) is 26.3. The van der Waals surface area contributed by atoms with Gasteiger partial charge in [-0.25, -0.2) is 0 Å². The Kier molecular flexibility index (Phi) is 3.71. The van der Waals surface area contributed by atoms with Crippen molar-refractivity contribution < 1.29 is 4.79 Å². The van der Waals surface area contributed by atoms with Crippen LogP contribution in [0.25, 0.3) is 0 Å². The molecule has 0 spiro atoms. The topological polar surface area (TPSA) is 20.3 Å². The van der Waals surface area contributed by atoms with Gasteiger partial charge < -0.3 is 0 Å². The number of Topliss-reactive ketones (excluding diaryl/α,β-unsaturated/α-hetero) is 1. The Labute approximate surface area is 87.7 Å². The van der Waals surface area contributed by atoms with E-state index in [1.807, 2.05) is 0 Å². The van der Waals surface area contributed by atoms with E-state index in [-0.39, 0.29) is 5.54 Å². The molecule has 1 heterocycles. The summed E-state index contributed by atoms with van der Waals surface area (Å²) in [5.41, 5.74) is 0.137. The largest absolute Gasteiger partial charge is 0.298 e. The molecule has 1 aliphatic rings. The van der Waals surface area contributed by atoms with E-state index in [9.17, 15) is 4.79 Å². The standard InChI is InChI=1S/C12H23NO/c1-5-10-7-6-8-13(9-11(10)14)12(2,3)4/h10H,5-9H2,1-4H3. The van der Waals surface area contributed by atoms with Crippen LogP contribution in [0.1, 0.15) is 47.0 Å². The van der Waals surface area contributed by atoms with E-state index in [2.05, 4.69) is 32.6 Å². The fourth-order valence-electron chi connectivity index (χ4n) is 2.09. The lowest BCUT2D eigenvalue weighted by Crippen LogP contribution is -2.44. The molecule has 0 amide bonds. The highest BCUT2D eigenvalue weighted by atomic mass is 16.1. The molecule has 0 aromatic heterocycles. The summed E-state index contributed by atoms with van der Waals surface area (Å²) in [5, 5.41) is 0. The Hall–Kier alpha value is -0.370. The van der Waals surface area contributed by atoms with Gasteiger partial charge in [0.1, 0.15) is 5.78 Å². The molecule has 0 radical (unpaired) electrons. The molecule has 1 atom stereocenters. The molecular formula is C12H23NO. The first-order valence-electron chi connectivity index (χ1n) is 5.73. The zero-order chi connectivity index (χ0) is 10.8. The van der Waals surface area contributed by atoms with Crippen molar-refractivity contribution in [1.82, 2.24) is 4.90 Å². The highest BCUT2D eigenvalue weighted by Crippen LogP contribution is 2.22. The summed E-state index contributed by atoms with van der Waals surface area (Å²) in [7, 11) is 0. The van der Waals surface area contributed by atoms with Crippen molar-refractivity contribution in [3.8, 4) is 0 Å². The minimum absolute atomic E-state index is 0.137. The van der Waals surface area contributed by atoms with Crippen LogP contribution in [0.4, 0.5) is 0 Å². The van der Waals surface area contributed by atoms with Gasteiger partial charge >= 0.3 is 0 Å². The van der Waals surface area contributed by atoms with E-state index in [1.54, 1.807) is 0 Å². The molecule has 82 valence electrons. The van der Waals surface area contributed by atoms with Crippen molar-refractivity contribution in [2.75, 3.05) is 13.1 Å². The zero-order valence-electron chi connectivity index (χ0n) is 9.97. The van der Waals surface area contributed by atoms with Crippen LogP contribution in [-0.4, -0.2) is 29.3 Å². The van der Waals surface area contributed by atoms with Gasteiger partial charge in [0.15, 0.2) is 0 Å². The van der Waals surface area contributed by atoms with Gasteiger partial charge in [0, 0.05) is 11.5 Å². The van der Waals surface area contributed by atoms with Crippen molar-refractivity contribution in [1.29, 1.82) is 0 Å². The summed E-state index contributed by atoms with van der Waals surface area (Å²) in [6.07, 6.45) is 3.26. The number of rotatable bonds is 1. The van der Waals surface area contributed by atoms with Gasteiger partial charge in [-0.1, -0.05) is 6.92 Å². The molecule has 2 nitrogen and oxygen atoms in total. The van der Waals surface area contributed by atoms with Gasteiger partial charge in [-0.2, -0.15) is 0 Å². The van der Waals surface area contributed by atoms with E-state index >= 15 is 0 Å². The van der Waals surface area contributed by atoms with Crippen LogP contribution in [0, 0.1) is 5.92 Å². The molecule has 1 rings (SSSR count). The zero-order valence-corrected chi connectivity index (χ0v) is 9.97. The van der Waals surface area contributed by atoms with Crippen LogP contribution >= 0.6 is 0 Å². The maximum absolute atomic E-state index is 11.9. The van der Waals surface area contributed by atoms with Crippen LogP contribution in [0.15, 0.2) is 0 Å². The number of hydrogen-bond acceptors (Lipinski definition) is 2. The van der Waals surface area contributed by atoms with Gasteiger partial charge in [0.25, 0.3) is 0 Å². The predicted molar refractivity (Wildman–Crippen MR) is 59.3 cm³/mol. The lowest BCUT2D eigenvalue weighted by molar-refractivity contribution is -0.124. The Morgan fingerprint density at radius 3 is 2.57 bits per heavy atom. The van der Waals surface area contributed by atoms with Crippen LogP contribution in [0.5, 0.6) is 0 Å². The van der Waals surface area contributed by atoms with Crippen LogP contribution in [-0.2, 0) is 4.79 Å². The summed E-state index contributed by atoms with van der Waals surface area (Å²) in [6.45, 7) is 10.4. The molecule has 1 fully saturated rings. The molecule has 14 heavy (non-hydrogen) atoms. The van der Waals surface area contributed by atoms with Crippen molar-refractivity contribution in [3.05, 3.63) is 0 Å². The molecule has 0 aliphatic carbocycles. The van der Waals surface area contributed by atoms with Crippen LogP contribution in [0.2, 0.25) is 0 Å². The number of ketones is 1. The number of carbonyl (C=O) groups is 1. The van der Waals surface area contributed by atoms with Gasteiger partial charge in [-0.15, -0.1) is 0 Å². The summed E-state index contributed by atoms with van der Waals surface area (Å²) >= 11 is 0. The second-order valence-corrected chi connectivity index (χ2v) is 5.31.